The zero-order valence-electron chi connectivity index (χ0n) is 16.9. The second-order valence-electron chi connectivity index (χ2n) is 8.24. The van der Waals surface area contributed by atoms with E-state index in [1.807, 2.05) is 6.92 Å². The molecule has 2 aromatic heterocycles. The van der Waals surface area contributed by atoms with Crippen LogP contribution in [0.25, 0.3) is 5.65 Å². The first-order valence-electron chi connectivity index (χ1n) is 9.35. The van der Waals surface area contributed by atoms with Gasteiger partial charge in [0.2, 0.25) is 0 Å². The first-order chi connectivity index (χ1) is 12.6. The Morgan fingerprint density at radius 1 is 1.19 bits per heavy atom. The van der Waals surface area contributed by atoms with Crippen LogP contribution in [0.1, 0.15) is 26.5 Å². The van der Waals surface area contributed by atoms with Crippen molar-refractivity contribution >= 4 is 15.5 Å². The number of hydrogen-bond donors (Lipinski definition) is 0. The lowest BCUT2D eigenvalue weighted by atomic mass is 10.3. The molecular weight excluding hydrogens is 364 g/mol. The Bertz CT molecular complexity index is 907. The highest BCUT2D eigenvalue weighted by Gasteiger charge is 2.34. The lowest BCUT2D eigenvalue weighted by Crippen LogP contribution is -2.45. The van der Waals surface area contributed by atoms with Crippen LogP contribution in [0.15, 0.2) is 23.4 Å². The van der Waals surface area contributed by atoms with E-state index in [0.717, 1.165) is 38.4 Å². The van der Waals surface area contributed by atoms with Gasteiger partial charge in [0.05, 0.1) is 4.75 Å². The molecule has 2 aromatic rings. The average molecular weight is 395 g/mol. The Labute approximate surface area is 161 Å². The van der Waals surface area contributed by atoms with Crippen molar-refractivity contribution in [1.29, 1.82) is 0 Å². The van der Waals surface area contributed by atoms with Crippen molar-refractivity contribution in [3.8, 4) is 5.75 Å². The van der Waals surface area contributed by atoms with E-state index in [1.165, 1.54) is 0 Å². The molecular formula is C19H30N4O3S. The summed E-state index contributed by atoms with van der Waals surface area (Å²) in [6.07, 6.45) is 3.38. The Morgan fingerprint density at radius 3 is 2.48 bits per heavy atom. The second-order valence-corrected chi connectivity index (χ2v) is 10.9. The van der Waals surface area contributed by atoms with Crippen molar-refractivity contribution in [3.63, 3.8) is 0 Å². The average Bonchev–Trinajstić information content (AvgIpc) is 2.95. The SMILES string of the molecule is Cc1cnc2cc(OCCN3CCN(C)CC3)c(S(=O)(=O)C(C)(C)C)cn12. The lowest BCUT2D eigenvalue weighted by Gasteiger charge is -2.32. The largest absolute Gasteiger partial charge is 0.491 e. The van der Waals surface area contributed by atoms with Gasteiger partial charge in [-0.1, -0.05) is 0 Å². The Hall–Kier alpha value is -1.64. The van der Waals surface area contributed by atoms with Gasteiger partial charge in [0.25, 0.3) is 0 Å². The van der Waals surface area contributed by atoms with Gasteiger partial charge >= 0.3 is 0 Å². The van der Waals surface area contributed by atoms with E-state index in [-0.39, 0.29) is 4.90 Å². The number of aryl methyl sites for hydroxylation is 1. The summed E-state index contributed by atoms with van der Waals surface area (Å²) < 4.78 is 33.1. The topological polar surface area (TPSA) is 67.2 Å². The molecule has 1 aliphatic rings. The summed E-state index contributed by atoms with van der Waals surface area (Å²) in [5, 5.41) is 0. The zero-order chi connectivity index (χ0) is 19.8. The van der Waals surface area contributed by atoms with Crippen LogP contribution in [0.2, 0.25) is 0 Å². The van der Waals surface area contributed by atoms with E-state index in [1.54, 1.807) is 43.6 Å². The maximum absolute atomic E-state index is 13.1. The van der Waals surface area contributed by atoms with E-state index < -0.39 is 14.6 Å². The molecule has 3 rings (SSSR count). The maximum atomic E-state index is 13.1. The zero-order valence-corrected chi connectivity index (χ0v) is 17.7. The van der Waals surface area contributed by atoms with Gasteiger partial charge in [0, 0.05) is 56.9 Å². The van der Waals surface area contributed by atoms with Crippen LogP contribution in [-0.4, -0.2) is 78.7 Å². The molecule has 0 radical (unpaired) electrons. The first-order valence-corrected chi connectivity index (χ1v) is 10.8. The molecule has 0 atom stereocenters. The van der Waals surface area contributed by atoms with Gasteiger partial charge in [0.15, 0.2) is 9.84 Å². The summed E-state index contributed by atoms with van der Waals surface area (Å²) in [6, 6.07) is 1.73. The van der Waals surface area contributed by atoms with Gasteiger partial charge in [-0.05, 0) is 34.7 Å². The third-order valence-corrected chi connectivity index (χ3v) is 7.61. The fourth-order valence-corrected chi connectivity index (χ4v) is 4.40. The molecule has 1 saturated heterocycles. The van der Waals surface area contributed by atoms with Crippen molar-refractivity contribution in [2.24, 2.45) is 0 Å². The van der Waals surface area contributed by atoms with Crippen molar-refractivity contribution in [1.82, 2.24) is 19.2 Å². The van der Waals surface area contributed by atoms with Gasteiger partial charge in [-0.25, -0.2) is 13.4 Å². The van der Waals surface area contributed by atoms with E-state index >= 15 is 0 Å². The molecule has 0 bridgehead atoms. The van der Waals surface area contributed by atoms with Crippen molar-refractivity contribution < 1.29 is 13.2 Å². The summed E-state index contributed by atoms with van der Waals surface area (Å²) in [5.41, 5.74) is 1.58. The van der Waals surface area contributed by atoms with E-state index in [2.05, 4.69) is 21.8 Å². The summed E-state index contributed by atoms with van der Waals surface area (Å²) >= 11 is 0. The molecule has 3 heterocycles. The predicted molar refractivity (Wildman–Crippen MR) is 106 cm³/mol. The number of likely N-dealkylation sites (N-methyl/N-ethyl adjacent to an activating group) is 1. The molecule has 150 valence electrons. The number of pyridine rings is 1. The van der Waals surface area contributed by atoms with E-state index in [4.69, 9.17) is 4.74 Å². The second kappa shape index (κ2) is 7.41. The normalized spacial score (nSPS) is 17.5. The smallest absolute Gasteiger partial charge is 0.188 e. The van der Waals surface area contributed by atoms with Gasteiger partial charge < -0.3 is 14.0 Å². The standard InChI is InChI=1S/C19H30N4O3S/c1-15-13-20-18-12-16(26-11-10-22-8-6-21(5)7-9-22)17(14-23(15)18)27(24,25)19(2,3)4/h12-14H,6-11H2,1-5H3. The van der Waals surface area contributed by atoms with Crippen molar-refractivity contribution in [3.05, 3.63) is 24.2 Å². The molecule has 1 fully saturated rings. The summed E-state index contributed by atoms with van der Waals surface area (Å²) in [6.45, 7) is 12.4. The van der Waals surface area contributed by atoms with Gasteiger partial charge in [0.1, 0.15) is 22.9 Å². The van der Waals surface area contributed by atoms with Crippen LogP contribution in [0.4, 0.5) is 0 Å². The molecule has 7 nitrogen and oxygen atoms in total. The van der Waals surface area contributed by atoms with Crippen LogP contribution in [0, 0.1) is 6.92 Å². The Morgan fingerprint density at radius 2 is 1.85 bits per heavy atom. The van der Waals surface area contributed by atoms with E-state index in [0.29, 0.717) is 18.0 Å². The highest BCUT2D eigenvalue weighted by molar-refractivity contribution is 7.92. The quantitative estimate of drug-likeness (QED) is 0.771. The number of piperazine rings is 1. The number of aromatic nitrogens is 2. The molecule has 8 heteroatoms. The van der Waals surface area contributed by atoms with E-state index in [9.17, 15) is 8.42 Å². The number of imidazole rings is 1. The van der Waals surface area contributed by atoms with Gasteiger partial charge in [-0.2, -0.15) is 0 Å². The molecule has 0 N–H and O–H groups in total. The predicted octanol–water partition coefficient (Wildman–Crippen LogP) is 1.84. The van der Waals surface area contributed by atoms with Crippen LogP contribution >= 0.6 is 0 Å². The molecule has 0 amide bonds. The highest BCUT2D eigenvalue weighted by atomic mass is 32.2. The number of fused-ring (bicyclic) bond motifs is 1. The number of nitrogens with zero attached hydrogens (tertiary/aromatic N) is 4. The Balaban J connectivity index is 1.86. The van der Waals surface area contributed by atoms with Crippen LogP contribution in [0.5, 0.6) is 5.75 Å². The number of ether oxygens (including phenoxy) is 1. The summed E-state index contributed by atoms with van der Waals surface area (Å²) in [7, 11) is -1.43. The fourth-order valence-electron chi connectivity index (χ4n) is 3.11. The third kappa shape index (κ3) is 4.12. The number of rotatable bonds is 5. The minimum atomic E-state index is -3.55. The van der Waals surface area contributed by atoms with Gasteiger partial charge in [-0.15, -0.1) is 0 Å². The molecule has 1 aliphatic heterocycles. The Kier molecular flexibility index (Phi) is 5.52. The highest BCUT2D eigenvalue weighted by Crippen LogP contribution is 2.33. The molecule has 0 saturated carbocycles. The fraction of sp³-hybridized carbons (Fsp3) is 0.632. The minimum absolute atomic E-state index is 0.224. The minimum Gasteiger partial charge on any atom is -0.491 e. The van der Waals surface area contributed by atoms with Crippen LogP contribution < -0.4 is 4.74 Å². The summed E-state index contributed by atoms with van der Waals surface area (Å²) in [4.78, 5) is 9.22. The summed E-state index contributed by atoms with van der Waals surface area (Å²) in [5.74, 6) is 0.386. The maximum Gasteiger partial charge on any atom is 0.188 e. The molecule has 0 unspecified atom stereocenters. The van der Waals surface area contributed by atoms with Crippen molar-refractivity contribution in [2.45, 2.75) is 37.3 Å². The van der Waals surface area contributed by atoms with Gasteiger partial charge in [-0.3, -0.25) is 4.90 Å². The molecule has 0 spiro atoms. The van der Waals surface area contributed by atoms with Crippen LogP contribution in [-0.2, 0) is 9.84 Å². The van der Waals surface area contributed by atoms with Crippen molar-refractivity contribution in [2.75, 3.05) is 46.4 Å². The lowest BCUT2D eigenvalue weighted by molar-refractivity contribution is 0.133. The molecule has 0 aromatic carbocycles. The third-order valence-electron chi connectivity index (χ3n) is 5.12. The molecule has 0 aliphatic carbocycles. The monoisotopic (exact) mass is 394 g/mol. The molecule has 27 heavy (non-hydrogen) atoms. The van der Waals surface area contributed by atoms with Crippen LogP contribution in [0.3, 0.4) is 0 Å². The number of sulfone groups is 1. The number of hydrogen-bond acceptors (Lipinski definition) is 6. The first kappa shape index (κ1) is 20.1.